The number of amides is 1. The SMILES string of the molecule is CCCc1nnc2ccc(C(=O)N3CCNCC3)cn12. The molecule has 1 aliphatic heterocycles. The van der Waals surface area contributed by atoms with Gasteiger partial charge in [0.25, 0.3) is 5.91 Å². The van der Waals surface area contributed by atoms with Crippen LogP contribution in [-0.4, -0.2) is 51.6 Å². The van der Waals surface area contributed by atoms with E-state index in [-0.39, 0.29) is 5.91 Å². The molecule has 1 aliphatic rings. The molecule has 1 amide bonds. The Labute approximate surface area is 117 Å². The molecule has 1 fully saturated rings. The first-order valence-electron chi connectivity index (χ1n) is 7.13. The van der Waals surface area contributed by atoms with Crippen LogP contribution >= 0.6 is 0 Å². The highest BCUT2D eigenvalue weighted by Gasteiger charge is 2.18. The van der Waals surface area contributed by atoms with Crippen molar-refractivity contribution in [2.45, 2.75) is 19.8 Å². The molecule has 0 spiro atoms. The molecule has 0 saturated carbocycles. The molecule has 0 aromatic carbocycles. The predicted octanol–water partition coefficient (Wildman–Crippen LogP) is 0.727. The Morgan fingerprint density at radius 2 is 2.10 bits per heavy atom. The Bertz CT molecular complexity index is 615. The second-order valence-corrected chi connectivity index (χ2v) is 5.05. The topological polar surface area (TPSA) is 62.5 Å². The number of piperazine rings is 1. The molecule has 0 atom stereocenters. The Kier molecular flexibility index (Phi) is 3.64. The third kappa shape index (κ3) is 2.38. The van der Waals surface area contributed by atoms with Gasteiger partial charge in [-0.1, -0.05) is 6.92 Å². The van der Waals surface area contributed by atoms with Gasteiger partial charge in [-0.2, -0.15) is 0 Å². The first kappa shape index (κ1) is 13.1. The van der Waals surface area contributed by atoms with Crippen molar-refractivity contribution in [2.75, 3.05) is 26.2 Å². The molecule has 0 radical (unpaired) electrons. The monoisotopic (exact) mass is 273 g/mol. The Morgan fingerprint density at radius 1 is 1.30 bits per heavy atom. The van der Waals surface area contributed by atoms with Gasteiger partial charge in [0.15, 0.2) is 5.65 Å². The molecule has 1 N–H and O–H groups in total. The molecule has 6 heteroatoms. The molecule has 1 saturated heterocycles. The maximum atomic E-state index is 12.5. The van der Waals surface area contributed by atoms with Gasteiger partial charge in [-0.05, 0) is 18.6 Å². The second kappa shape index (κ2) is 5.58. The summed E-state index contributed by atoms with van der Waals surface area (Å²) in [6, 6.07) is 3.70. The van der Waals surface area contributed by atoms with Gasteiger partial charge in [-0.3, -0.25) is 9.20 Å². The molecule has 0 unspecified atom stereocenters. The van der Waals surface area contributed by atoms with E-state index in [0.29, 0.717) is 5.56 Å². The van der Waals surface area contributed by atoms with E-state index in [2.05, 4.69) is 22.4 Å². The number of carbonyl (C=O) groups is 1. The van der Waals surface area contributed by atoms with Gasteiger partial charge in [-0.15, -0.1) is 10.2 Å². The van der Waals surface area contributed by atoms with Crippen LogP contribution in [0.1, 0.15) is 29.5 Å². The van der Waals surface area contributed by atoms with Crippen LogP contribution in [0.25, 0.3) is 5.65 Å². The van der Waals surface area contributed by atoms with E-state index in [1.807, 2.05) is 27.6 Å². The molecular formula is C14H19N5O. The van der Waals surface area contributed by atoms with E-state index in [1.165, 1.54) is 0 Å². The molecule has 0 bridgehead atoms. The lowest BCUT2D eigenvalue weighted by Crippen LogP contribution is -2.46. The van der Waals surface area contributed by atoms with Gasteiger partial charge in [-0.25, -0.2) is 0 Å². The highest BCUT2D eigenvalue weighted by molar-refractivity contribution is 5.94. The highest BCUT2D eigenvalue weighted by atomic mass is 16.2. The lowest BCUT2D eigenvalue weighted by molar-refractivity contribution is 0.0735. The van der Waals surface area contributed by atoms with Gasteiger partial charge in [0.05, 0.1) is 5.56 Å². The van der Waals surface area contributed by atoms with Gasteiger partial charge < -0.3 is 10.2 Å². The number of pyridine rings is 1. The van der Waals surface area contributed by atoms with E-state index in [4.69, 9.17) is 0 Å². The van der Waals surface area contributed by atoms with E-state index in [1.54, 1.807) is 0 Å². The molecular weight excluding hydrogens is 254 g/mol. The van der Waals surface area contributed by atoms with Crippen LogP contribution in [-0.2, 0) is 6.42 Å². The quantitative estimate of drug-likeness (QED) is 0.895. The van der Waals surface area contributed by atoms with Gasteiger partial charge in [0.2, 0.25) is 0 Å². The number of fused-ring (bicyclic) bond motifs is 1. The molecule has 2 aromatic heterocycles. The predicted molar refractivity (Wildman–Crippen MR) is 75.8 cm³/mol. The average Bonchev–Trinajstić information content (AvgIpc) is 2.90. The van der Waals surface area contributed by atoms with Crippen molar-refractivity contribution in [3.05, 3.63) is 29.7 Å². The summed E-state index contributed by atoms with van der Waals surface area (Å²) >= 11 is 0. The fourth-order valence-corrected chi connectivity index (χ4v) is 2.51. The van der Waals surface area contributed by atoms with Crippen LogP contribution in [0.3, 0.4) is 0 Å². The summed E-state index contributed by atoms with van der Waals surface area (Å²) in [4.78, 5) is 14.4. The Hall–Kier alpha value is -1.95. The summed E-state index contributed by atoms with van der Waals surface area (Å²) in [7, 11) is 0. The smallest absolute Gasteiger partial charge is 0.255 e. The molecule has 0 aliphatic carbocycles. The maximum absolute atomic E-state index is 12.5. The third-order valence-corrected chi connectivity index (χ3v) is 3.60. The minimum Gasteiger partial charge on any atom is -0.336 e. The molecule has 3 rings (SSSR count). The number of nitrogens with one attached hydrogen (secondary N) is 1. The van der Waals surface area contributed by atoms with E-state index in [9.17, 15) is 4.79 Å². The van der Waals surface area contributed by atoms with Crippen molar-refractivity contribution in [3.63, 3.8) is 0 Å². The molecule has 20 heavy (non-hydrogen) atoms. The molecule has 106 valence electrons. The van der Waals surface area contributed by atoms with E-state index >= 15 is 0 Å². The summed E-state index contributed by atoms with van der Waals surface area (Å²) in [5.41, 5.74) is 1.50. The summed E-state index contributed by atoms with van der Waals surface area (Å²) in [5.74, 6) is 1.00. The minimum atomic E-state index is 0.0875. The molecule has 2 aromatic rings. The summed E-state index contributed by atoms with van der Waals surface area (Å²) in [6.07, 6.45) is 3.74. The first-order chi connectivity index (χ1) is 9.79. The van der Waals surface area contributed by atoms with E-state index in [0.717, 1.165) is 50.5 Å². The van der Waals surface area contributed by atoms with Crippen molar-refractivity contribution in [1.29, 1.82) is 0 Å². The lowest BCUT2D eigenvalue weighted by Gasteiger charge is -2.27. The number of aryl methyl sites for hydroxylation is 1. The number of hydrogen-bond acceptors (Lipinski definition) is 4. The number of nitrogens with zero attached hydrogens (tertiary/aromatic N) is 4. The van der Waals surface area contributed by atoms with Crippen LogP contribution in [0, 0.1) is 0 Å². The molecule has 6 nitrogen and oxygen atoms in total. The second-order valence-electron chi connectivity index (χ2n) is 5.05. The van der Waals surface area contributed by atoms with Gasteiger partial charge in [0.1, 0.15) is 5.82 Å². The van der Waals surface area contributed by atoms with Crippen LogP contribution in [0.2, 0.25) is 0 Å². The lowest BCUT2D eigenvalue weighted by atomic mass is 10.2. The van der Waals surface area contributed by atoms with Crippen LogP contribution in [0.4, 0.5) is 0 Å². The number of aromatic nitrogens is 3. The molecule has 3 heterocycles. The first-order valence-corrected chi connectivity index (χ1v) is 7.13. The average molecular weight is 273 g/mol. The van der Waals surface area contributed by atoms with Crippen LogP contribution in [0.15, 0.2) is 18.3 Å². The van der Waals surface area contributed by atoms with E-state index < -0.39 is 0 Å². The third-order valence-electron chi connectivity index (χ3n) is 3.60. The van der Waals surface area contributed by atoms with Gasteiger partial charge >= 0.3 is 0 Å². The number of rotatable bonds is 3. The van der Waals surface area contributed by atoms with Crippen LogP contribution < -0.4 is 5.32 Å². The summed E-state index contributed by atoms with van der Waals surface area (Å²) < 4.78 is 1.93. The minimum absolute atomic E-state index is 0.0875. The zero-order valence-electron chi connectivity index (χ0n) is 11.7. The maximum Gasteiger partial charge on any atom is 0.255 e. The number of hydrogen-bond donors (Lipinski definition) is 1. The zero-order valence-corrected chi connectivity index (χ0v) is 11.7. The van der Waals surface area contributed by atoms with Crippen molar-refractivity contribution in [2.24, 2.45) is 0 Å². The zero-order chi connectivity index (χ0) is 13.9. The highest BCUT2D eigenvalue weighted by Crippen LogP contribution is 2.11. The van der Waals surface area contributed by atoms with Gasteiger partial charge in [0, 0.05) is 38.8 Å². The normalized spacial score (nSPS) is 15.8. The number of carbonyl (C=O) groups excluding carboxylic acids is 1. The Morgan fingerprint density at radius 3 is 2.85 bits per heavy atom. The fourth-order valence-electron chi connectivity index (χ4n) is 2.51. The Balaban J connectivity index is 1.90. The van der Waals surface area contributed by atoms with Crippen molar-refractivity contribution in [1.82, 2.24) is 24.8 Å². The van der Waals surface area contributed by atoms with Crippen molar-refractivity contribution in [3.8, 4) is 0 Å². The summed E-state index contributed by atoms with van der Waals surface area (Å²) in [6.45, 7) is 5.36. The largest absolute Gasteiger partial charge is 0.336 e. The van der Waals surface area contributed by atoms with Crippen molar-refractivity contribution < 1.29 is 4.79 Å². The van der Waals surface area contributed by atoms with Crippen molar-refractivity contribution >= 4 is 11.6 Å². The summed E-state index contributed by atoms with van der Waals surface area (Å²) in [5, 5.41) is 11.6. The van der Waals surface area contributed by atoms with Crippen LogP contribution in [0.5, 0.6) is 0 Å². The standard InChI is InChI=1S/C14H19N5O/c1-2-3-12-16-17-13-5-4-11(10-19(12)13)14(20)18-8-6-15-7-9-18/h4-5,10,15H,2-3,6-9H2,1H3. The fraction of sp³-hybridized carbons (Fsp3) is 0.500.